The quantitative estimate of drug-likeness (QED) is 0.769. The van der Waals surface area contributed by atoms with E-state index in [-0.39, 0.29) is 24.2 Å². The van der Waals surface area contributed by atoms with Crippen molar-refractivity contribution in [3.8, 4) is 0 Å². The third kappa shape index (κ3) is 5.19. The third-order valence-corrected chi connectivity index (χ3v) is 5.53. The van der Waals surface area contributed by atoms with Crippen molar-refractivity contribution in [1.82, 2.24) is 15.5 Å². The van der Waals surface area contributed by atoms with Gasteiger partial charge in [-0.1, -0.05) is 29.8 Å². The van der Waals surface area contributed by atoms with Crippen LogP contribution in [0.3, 0.4) is 0 Å². The van der Waals surface area contributed by atoms with Gasteiger partial charge in [-0.25, -0.2) is 4.79 Å². The van der Waals surface area contributed by atoms with Crippen molar-refractivity contribution in [2.24, 2.45) is 0 Å². The van der Waals surface area contributed by atoms with Gasteiger partial charge in [0.1, 0.15) is 0 Å². The van der Waals surface area contributed by atoms with E-state index in [1.165, 1.54) is 24.0 Å². The minimum Gasteiger partial charge on any atom is -0.393 e. The van der Waals surface area contributed by atoms with Crippen LogP contribution in [-0.2, 0) is 0 Å². The molecule has 0 spiro atoms. The Morgan fingerprint density at radius 3 is 2.44 bits per heavy atom. The van der Waals surface area contributed by atoms with E-state index in [2.05, 4.69) is 46.7 Å². The molecule has 1 aliphatic heterocycles. The van der Waals surface area contributed by atoms with E-state index in [0.29, 0.717) is 6.54 Å². The summed E-state index contributed by atoms with van der Waals surface area (Å²) in [4.78, 5) is 14.8. The van der Waals surface area contributed by atoms with Crippen LogP contribution >= 0.6 is 0 Å². The second-order valence-corrected chi connectivity index (χ2v) is 7.53. The van der Waals surface area contributed by atoms with Gasteiger partial charge >= 0.3 is 6.03 Å². The van der Waals surface area contributed by atoms with Crippen LogP contribution in [-0.4, -0.2) is 47.8 Å². The number of nitrogens with one attached hydrogen (secondary N) is 2. The van der Waals surface area contributed by atoms with Crippen molar-refractivity contribution in [3.05, 3.63) is 35.4 Å². The average Bonchev–Trinajstić information content (AvgIpc) is 3.13. The molecule has 3 N–H and O–H groups in total. The summed E-state index contributed by atoms with van der Waals surface area (Å²) in [5, 5.41) is 15.7. The summed E-state index contributed by atoms with van der Waals surface area (Å²) in [6.45, 7) is 4.93. The van der Waals surface area contributed by atoms with Gasteiger partial charge in [0, 0.05) is 12.6 Å². The summed E-state index contributed by atoms with van der Waals surface area (Å²) in [7, 11) is 0. The van der Waals surface area contributed by atoms with Crippen LogP contribution in [0.4, 0.5) is 4.79 Å². The normalized spacial score (nSPS) is 25.5. The Bertz CT molecular complexity index is 547. The molecule has 0 bridgehead atoms. The topological polar surface area (TPSA) is 64.6 Å². The smallest absolute Gasteiger partial charge is 0.315 e. The van der Waals surface area contributed by atoms with Gasteiger partial charge < -0.3 is 15.7 Å². The number of amides is 2. The number of aliphatic hydroxyl groups excluding tert-OH is 1. The highest BCUT2D eigenvalue weighted by Crippen LogP contribution is 2.25. The summed E-state index contributed by atoms with van der Waals surface area (Å²) < 4.78 is 0. The number of carbonyl (C=O) groups is 1. The lowest BCUT2D eigenvalue weighted by atomic mass is 9.93. The Labute approximate surface area is 150 Å². The minimum atomic E-state index is -0.192. The Morgan fingerprint density at radius 2 is 1.80 bits per heavy atom. The molecule has 5 heteroatoms. The average molecular weight is 345 g/mol. The van der Waals surface area contributed by atoms with E-state index in [0.717, 1.165) is 38.8 Å². The largest absolute Gasteiger partial charge is 0.393 e. The first kappa shape index (κ1) is 18.2. The Balaban J connectivity index is 1.54. The van der Waals surface area contributed by atoms with E-state index in [9.17, 15) is 9.90 Å². The predicted molar refractivity (Wildman–Crippen MR) is 99.5 cm³/mol. The number of benzene rings is 1. The molecule has 2 fully saturated rings. The van der Waals surface area contributed by atoms with Gasteiger partial charge in [-0.15, -0.1) is 0 Å². The minimum absolute atomic E-state index is 0.0855. The van der Waals surface area contributed by atoms with E-state index in [1.807, 2.05) is 0 Å². The number of nitrogens with zero attached hydrogens (tertiary/aromatic N) is 1. The van der Waals surface area contributed by atoms with Crippen LogP contribution in [0.25, 0.3) is 0 Å². The van der Waals surface area contributed by atoms with Gasteiger partial charge in [0.2, 0.25) is 0 Å². The number of rotatable bonds is 5. The third-order valence-electron chi connectivity index (χ3n) is 5.53. The maximum absolute atomic E-state index is 12.3. The Kier molecular flexibility index (Phi) is 6.32. The van der Waals surface area contributed by atoms with Crippen LogP contribution in [0.15, 0.2) is 24.3 Å². The second kappa shape index (κ2) is 8.68. The van der Waals surface area contributed by atoms with E-state index < -0.39 is 0 Å². The standard InChI is InChI=1S/C20H31N3O2/c1-15-4-6-16(7-5-15)19(23-12-2-3-13-23)14-21-20(25)22-17-8-10-18(24)11-9-17/h4-7,17-19,24H,2-3,8-14H2,1H3,(H2,21,22,25). The zero-order valence-corrected chi connectivity index (χ0v) is 15.2. The van der Waals surface area contributed by atoms with Gasteiger partial charge in [-0.05, 0) is 64.1 Å². The molecule has 5 nitrogen and oxygen atoms in total. The number of hydrogen-bond donors (Lipinski definition) is 3. The van der Waals surface area contributed by atoms with E-state index in [1.54, 1.807) is 0 Å². The SMILES string of the molecule is Cc1ccc(C(CNC(=O)NC2CCC(O)CC2)N2CCCC2)cc1. The van der Waals surface area contributed by atoms with Gasteiger partial charge in [-0.2, -0.15) is 0 Å². The Hall–Kier alpha value is -1.59. The lowest BCUT2D eigenvalue weighted by molar-refractivity contribution is 0.117. The van der Waals surface area contributed by atoms with Crippen LogP contribution in [0.1, 0.15) is 55.7 Å². The molecule has 1 aliphatic carbocycles. The highest BCUT2D eigenvalue weighted by molar-refractivity contribution is 5.74. The lowest BCUT2D eigenvalue weighted by Crippen LogP contribution is -2.46. The predicted octanol–water partition coefficient (Wildman–Crippen LogP) is 2.73. The maximum atomic E-state index is 12.3. The summed E-state index contributed by atoms with van der Waals surface area (Å²) in [5.74, 6) is 0. The zero-order chi connectivity index (χ0) is 17.6. The Morgan fingerprint density at radius 1 is 1.16 bits per heavy atom. The molecule has 1 saturated heterocycles. The molecule has 2 aliphatic rings. The van der Waals surface area contributed by atoms with Gasteiger partial charge in [-0.3, -0.25) is 4.90 Å². The van der Waals surface area contributed by atoms with Crippen molar-refractivity contribution in [1.29, 1.82) is 0 Å². The highest BCUT2D eigenvalue weighted by atomic mass is 16.3. The van der Waals surface area contributed by atoms with Crippen LogP contribution in [0, 0.1) is 6.92 Å². The van der Waals surface area contributed by atoms with Gasteiger partial charge in [0.25, 0.3) is 0 Å². The van der Waals surface area contributed by atoms with Gasteiger partial charge in [0.15, 0.2) is 0 Å². The first-order valence-corrected chi connectivity index (χ1v) is 9.65. The van der Waals surface area contributed by atoms with Crippen molar-refractivity contribution < 1.29 is 9.90 Å². The number of likely N-dealkylation sites (tertiary alicyclic amines) is 1. The lowest BCUT2D eigenvalue weighted by Gasteiger charge is -2.29. The van der Waals surface area contributed by atoms with Gasteiger partial charge in [0.05, 0.1) is 12.1 Å². The number of aliphatic hydroxyl groups is 1. The molecular weight excluding hydrogens is 314 g/mol. The molecular formula is C20H31N3O2. The molecule has 1 unspecified atom stereocenters. The molecule has 1 aromatic carbocycles. The first-order chi connectivity index (χ1) is 12.1. The molecule has 0 radical (unpaired) electrons. The zero-order valence-electron chi connectivity index (χ0n) is 15.2. The monoisotopic (exact) mass is 345 g/mol. The van der Waals surface area contributed by atoms with Crippen molar-refractivity contribution in [3.63, 3.8) is 0 Å². The fourth-order valence-electron chi connectivity index (χ4n) is 3.95. The summed E-state index contributed by atoms with van der Waals surface area (Å²) in [6, 6.07) is 8.99. The number of aryl methyl sites for hydroxylation is 1. The molecule has 1 aromatic rings. The second-order valence-electron chi connectivity index (χ2n) is 7.53. The highest BCUT2D eigenvalue weighted by Gasteiger charge is 2.25. The number of hydrogen-bond acceptors (Lipinski definition) is 3. The molecule has 3 rings (SSSR count). The van der Waals surface area contributed by atoms with Crippen molar-refractivity contribution in [2.45, 2.75) is 63.6 Å². The molecule has 1 heterocycles. The van der Waals surface area contributed by atoms with E-state index >= 15 is 0 Å². The van der Waals surface area contributed by atoms with Crippen LogP contribution < -0.4 is 10.6 Å². The molecule has 1 atom stereocenters. The number of carbonyl (C=O) groups excluding carboxylic acids is 1. The molecule has 1 saturated carbocycles. The van der Waals surface area contributed by atoms with Crippen molar-refractivity contribution in [2.75, 3.05) is 19.6 Å². The molecule has 2 amide bonds. The molecule has 25 heavy (non-hydrogen) atoms. The number of urea groups is 1. The summed E-state index contributed by atoms with van der Waals surface area (Å²) in [6.07, 6.45) is 5.57. The maximum Gasteiger partial charge on any atom is 0.315 e. The van der Waals surface area contributed by atoms with Crippen molar-refractivity contribution >= 4 is 6.03 Å². The fraction of sp³-hybridized carbons (Fsp3) is 0.650. The first-order valence-electron chi connectivity index (χ1n) is 9.65. The van der Waals surface area contributed by atoms with E-state index in [4.69, 9.17) is 0 Å². The van der Waals surface area contributed by atoms with Crippen LogP contribution in [0.2, 0.25) is 0 Å². The summed E-state index contributed by atoms with van der Waals surface area (Å²) in [5.41, 5.74) is 2.53. The molecule has 138 valence electrons. The summed E-state index contributed by atoms with van der Waals surface area (Å²) >= 11 is 0. The molecule has 0 aromatic heterocycles. The van der Waals surface area contributed by atoms with Crippen LogP contribution in [0.5, 0.6) is 0 Å². The fourth-order valence-corrected chi connectivity index (χ4v) is 3.95.